The maximum atomic E-state index is 10.0. The molecular weight excluding hydrogens is 236 g/mol. The lowest BCUT2D eigenvalue weighted by atomic mass is 10.1. The van der Waals surface area contributed by atoms with Gasteiger partial charge in [-0.1, -0.05) is 6.92 Å². The Kier molecular flexibility index (Phi) is 3.86. The summed E-state index contributed by atoms with van der Waals surface area (Å²) in [6, 6.07) is 2.05. The minimum Gasteiger partial charge on any atom is -0.386 e. The normalized spacial score (nSPS) is 12.9. The molecule has 0 bridgehead atoms. The van der Waals surface area contributed by atoms with E-state index in [0.29, 0.717) is 12.1 Å². The number of aryl methyl sites for hydroxylation is 2. The topological polar surface area (TPSA) is 63.8 Å². The van der Waals surface area contributed by atoms with Crippen molar-refractivity contribution in [2.75, 3.05) is 0 Å². The zero-order valence-corrected chi connectivity index (χ0v) is 10.8. The highest BCUT2D eigenvalue weighted by Crippen LogP contribution is 2.17. The van der Waals surface area contributed by atoms with E-state index in [1.54, 1.807) is 6.20 Å². The molecule has 0 aromatic carbocycles. The Labute approximate surface area is 104 Å². The first-order valence-electron chi connectivity index (χ1n) is 5.75. The van der Waals surface area contributed by atoms with Gasteiger partial charge in [-0.05, 0) is 19.4 Å². The van der Waals surface area contributed by atoms with E-state index in [0.717, 1.165) is 36.1 Å². The van der Waals surface area contributed by atoms with E-state index < -0.39 is 6.10 Å². The van der Waals surface area contributed by atoms with Crippen LogP contribution in [0.25, 0.3) is 0 Å². The van der Waals surface area contributed by atoms with Gasteiger partial charge >= 0.3 is 0 Å². The summed E-state index contributed by atoms with van der Waals surface area (Å²) in [5.74, 6) is 0. The van der Waals surface area contributed by atoms with Crippen LogP contribution in [0.15, 0.2) is 12.3 Å². The van der Waals surface area contributed by atoms with E-state index in [1.807, 2.05) is 17.7 Å². The molecule has 2 aromatic rings. The summed E-state index contributed by atoms with van der Waals surface area (Å²) in [7, 11) is 0. The molecule has 92 valence electrons. The predicted octanol–water partition coefficient (Wildman–Crippen LogP) is 1.59. The fourth-order valence-electron chi connectivity index (χ4n) is 1.75. The smallest absolute Gasteiger partial charge is 0.104 e. The van der Waals surface area contributed by atoms with Crippen molar-refractivity contribution < 1.29 is 5.11 Å². The van der Waals surface area contributed by atoms with Gasteiger partial charge in [0.25, 0.3) is 0 Å². The third-order valence-electron chi connectivity index (χ3n) is 2.70. The van der Waals surface area contributed by atoms with Crippen LogP contribution < -0.4 is 0 Å². The lowest BCUT2D eigenvalue weighted by Crippen LogP contribution is -2.08. The molecule has 0 radical (unpaired) electrons. The highest BCUT2D eigenvalue weighted by molar-refractivity contribution is 6.99. The van der Waals surface area contributed by atoms with Crippen LogP contribution in [0.1, 0.15) is 37.0 Å². The van der Waals surface area contributed by atoms with Crippen molar-refractivity contribution in [3.63, 3.8) is 0 Å². The second kappa shape index (κ2) is 5.37. The maximum absolute atomic E-state index is 10.0. The molecule has 0 aliphatic heterocycles. The van der Waals surface area contributed by atoms with Gasteiger partial charge in [0, 0.05) is 18.7 Å². The fraction of sp³-hybridized carbons (Fsp3) is 0.545. The molecule has 0 aliphatic carbocycles. The summed E-state index contributed by atoms with van der Waals surface area (Å²) in [6.07, 6.45) is 2.46. The van der Waals surface area contributed by atoms with E-state index in [1.165, 1.54) is 0 Å². The third-order valence-corrected chi connectivity index (χ3v) is 3.19. The molecule has 2 heterocycles. The molecule has 0 fully saturated rings. The quantitative estimate of drug-likeness (QED) is 0.877. The van der Waals surface area contributed by atoms with E-state index in [9.17, 15) is 5.11 Å². The highest BCUT2D eigenvalue weighted by Gasteiger charge is 2.15. The number of hydrogen-bond acceptors (Lipinski definition) is 5. The van der Waals surface area contributed by atoms with Crippen LogP contribution in [0, 0.1) is 0 Å². The van der Waals surface area contributed by atoms with Crippen molar-refractivity contribution in [1.82, 2.24) is 18.5 Å². The van der Waals surface area contributed by atoms with Gasteiger partial charge in [0.1, 0.15) is 11.8 Å². The highest BCUT2D eigenvalue weighted by atomic mass is 32.1. The molecule has 0 saturated carbocycles. The average Bonchev–Trinajstić information content (AvgIpc) is 2.97. The van der Waals surface area contributed by atoms with Gasteiger partial charge in [0.2, 0.25) is 0 Å². The number of aromatic nitrogens is 4. The summed E-state index contributed by atoms with van der Waals surface area (Å²) < 4.78 is 9.88. The molecule has 17 heavy (non-hydrogen) atoms. The summed E-state index contributed by atoms with van der Waals surface area (Å²) in [5.41, 5.74) is 2.74. The Bertz CT molecular complexity index is 466. The third kappa shape index (κ3) is 2.70. The molecule has 1 atom stereocenters. The summed E-state index contributed by atoms with van der Waals surface area (Å²) >= 11 is 1.12. The molecule has 0 aliphatic rings. The molecular formula is C11H16N4OS. The Morgan fingerprint density at radius 3 is 2.88 bits per heavy atom. The molecule has 0 amide bonds. The zero-order chi connectivity index (χ0) is 12.3. The lowest BCUT2D eigenvalue weighted by Gasteiger charge is -2.08. The van der Waals surface area contributed by atoms with Crippen molar-refractivity contribution in [3.05, 3.63) is 29.3 Å². The summed E-state index contributed by atoms with van der Waals surface area (Å²) in [4.78, 5) is 0. The van der Waals surface area contributed by atoms with Crippen molar-refractivity contribution in [2.45, 2.75) is 39.3 Å². The maximum Gasteiger partial charge on any atom is 0.104 e. The molecule has 0 saturated heterocycles. The molecule has 2 aromatic heterocycles. The fourth-order valence-corrected chi connectivity index (χ4v) is 2.21. The molecule has 2 rings (SSSR count). The Morgan fingerprint density at radius 2 is 2.29 bits per heavy atom. The van der Waals surface area contributed by atoms with Crippen LogP contribution in [0.4, 0.5) is 0 Å². The summed E-state index contributed by atoms with van der Waals surface area (Å²) in [6.45, 7) is 4.94. The second-order valence-electron chi connectivity index (χ2n) is 3.85. The lowest BCUT2D eigenvalue weighted by molar-refractivity contribution is 0.171. The first-order valence-corrected chi connectivity index (χ1v) is 6.48. The predicted molar refractivity (Wildman–Crippen MR) is 65.9 cm³/mol. The minimum atomic E-state index is -0.597. The standard InChI is InChI=1S/C11H16N4OS/c1-3-8-5-9(15(4-2)13-8)6-11(16)10-7-12-17-14-10/h5,7,11,16H,3-4,6H2,1-2H3. The zero-order valence-electron chi connectivity index (χ0n) is 10.00. The molecule has 5 nitrogen and oxygen atoms in total. The van der Waals surface area contributed by atoms with Gasteiger partial charge in [0.05, 0.1) is 23.6 Å². The van der Waals surface area contributed by atoms with Gasteiger partial charge in [0.15, 0.2) is 0 Å². The van der Waals surface area contributed by atoms with E-state index in [-0.39, 0.29) is 0 Å². The van der Waals surface area contributed by atoms with Gasteiger partial charge in [-0.25, -0.2) is 0 Å². The van der Waals surface area contributed by atoms with Gasteiger partial charge in [-0.2, -0.15) is 13.8 Å². The van der Waals surface area contributed by atoms with Crippen molar-refractivity contribution >= 4 is 11.7 Å². The van der Waals surface area contributed by atoms with Gasteiger partial charge < -0.3 is 5.11 Å². The van der Waals surface area contributed by atoms with Crippen molar-refractivity contribution in [2.24, 2.45) is 0 Å². The van der Waals surface area contributed by atoms with E-state index in [2.05, 4.69) is 20.8 Å². The second-order valence-corrected chi connectivity index (χ2v) is 4.41. The number of rotatable bonds is 5. The summed E-state index contributed by atoms with van der Waals surface area (Å²) in [5, 5.41) is 14.5. The first-order chi connectivity index (χ1) is 8.24. The number of hydrogen-bond donors (Lipinski definition) is 1. The van der Waals surface area contributed by atoms with Crippen molar-refractivity contribution in [3.8, 4) is 0 Å². The van der Waals surface area contributed by atoms with Crippen LogP contribution in [-0.4, -0.2) is 23.6 Å². The molecule has 6 heteroatoms. The monoisotopic (exact) mass is 252 g/mol. The van der Waals surface area contributed by atoms with E-state index in [4.69, 9.17) is 0 Å². The molecule has 0 spiro atoms. The number of aliphatic hydroxyl groups excluding tert-OH is 1. The van der Waals surface area contributed by atoms with Gasteiger partial charge in [-0.3, -0.25) is 4.68 Å². The largest absolute Gasteiger partial charge is 0.386 e. The van der Waals surface area contributed by atoms with Gasteiger partial charge in [-0.15, -0.1) is 0 Å². The number of aliphatic hydroxyl groups is 1. The molecule has 1 unspecified atom stereocenters. The van der Waals surface area contributed by atoms with Crippen LogP contribution in [-0.2, 0) is 19.4 Å². The SMILES string of the molecule is CCc1cc(CC(O)c2cnsn2)n(CC)n1. The minimum absolute atomic E-state index is 0.534. The number of nitrogens with zero attached hydrogens (tertiary/aromatic N) is 4. The Balaban J connectivity index is 2.15. The van der Waals surface area contributed by atoms with Crippen LogP contribution in [0.5, 0.6) is 0 Å². The van der Waals surface area contributed by atoms with Crippen LogP contribution in [0.3, 0.4) is 0 Å². The molecule has 1 N–H and O–H groups in total. The van der Waals surface area contributed by atoms with Crippen LogP contribution in [0.2, 0.25) is 0 Å². The Hall–Kier alpha value is -1.27. The first kappa shape index (κ1) is 12.2. The van der Waals surface area contributed by atoms with Crippen molar-refractivity contribution in [1.29, 1.82) is 0 Å². The average molecular weight is 252 g/mol. The van der Waals surface area contributed by atoms with E-state index >= 15 is 0 Å². The van der Waals surface area contributed by atoms with Crippen LogP contribution >= 0.6 is 11.7 Å². The Morgan fingerprint density at radius 1 is 1.47 bits per heavy atom.